The summed E-state index contributed by atoms with van der Waals surface area (Å²) in [6, 6.07) is 0.647. The molecule has 1 aliphatic heterocycles. The van der Waals surface area contributed by atoms with Crippen molar-refractivity contribution in [2.24, 2.45) is 5.73 Å². The van der Waals surface area contributed by atoms with Gasteiger partial charge in [0.2, 0.25) is 0 Å². The number of imidazole rings is 1. The molecule has 0 spiro atoms. The van der Waals surface area contributed by atoms with E-state index in [9.17, 15) is 0 Å². The fourth-order valence-corrected chi connectivity index (χ4v) is 2.80. The fourth-order valence-electron chi connectivity index (χ4n) is 2.80. The van der Waals surface area contributed by atoms with Crippen LogP contribution in [0.25, 0.3) is 0 Å². The van der Waals surface area contributed by atoms with Gasteiger partial charge in [0.1, 0.15) is 5.82 Å². The number of rotatable bonds is 3. The van der Waals surface area contributed by atoms with Crippen LogP contribution >= 0.6 is 0 Å². The molecule has 0 amide bonds. The minimum absolute atomic E-state index is 0.492. The topological polar surface area (TPSA) is 43.8 Å². The molecule has 0 bridgehead atoms. The molecule has 2 N–H and O–H groups in total. The molecule has 1 unspecified atom stereocenters. The second kappa shape index (κ2) is 4.58. The zero-order valence-corrected chi connectivity index (χ0v) is 10.7. The molecular formula is C13H23N3. The lowest BCUT2D eigenvalue weighted by Crippen LogP contribution is -2.20. The Morgan fingerprint density at radius 3 is 2.81 bits per heavy atom. The van der Waals surface area contributed by atoms with E-state index in [2.05, 4.69) is 25.3 Å². The van der Waals surface area contributed by atoms with Crippen molar-refractivity contribution in [2.75, 3.05) is 0 Å². The second-order valence-corrected chi connectivity index (χ2v) is 5.05. The van der Waals surface area contributed by atoms with Crippen LogP contribution in [0.15, 0.2) is 0 Å². The summed E-state index contributed by atoms with van der Waals surface area (Å²) in [7, 11) is 0. The van der Waals surface area contributed by atoms with Crippen molar-refractivity contribution < 1.29 is 0 Å². The number of fused-ring (bicyclic) bond motifs is 1. The molecule has 1 aromatic heterocycles. The second-order valence-electron chi connectivity index (χ2n) is 5.05. The van der Waals surface area contributed by atoms with Crippen LogP contribution < -0.4 is 5.73 Å². The molecule has 1 aliphatic rings. The van der Waals surface area contributed by atoms with Crippen LogP contribution in [0.4, 0.5) is 0 Å². The first-order chi connectivity index (χ1) is 7.69. The van der Waals surface area contributed by atoms with E-state index in [1.54, 1.807) is 0 Å². The van der Waals surface area contributed by atoms with E-state index in [1.807, 2.05) is 0 Å². The van der Waals surface area contributed by atoms with Crippen LogP contribution in [-0.2, 0) is 13.0 Å². The molecule has 0 saturated carbocycles. The van der Waals surface area contributed by atoms with E-state index < -0.39 is 0 Å². The summed E-state index contributed by atoms with van der Waals surface area (Å²) in [6.45, 7) is 7.29. The van der Waals surface area contributed by atoms with Crippen molar-refractivity contribution in [1.82, 2.24) is 9.55 Å². The van der Waals surface area contributed by atoms with Gasteiger partial charge in [-0.15, -0.1) is 0 Å². The predicted octanol–water partition coefficient (Wildman–Crippen LogP) is 2.75. The lowest BCUT2D eigenvalue weighted by molar-refractivity contribution is 0.375. The third-order valence-electron chi connectivity index (χ3n) is 3.62. The van der Waals surface area contributed by atoms with Gasteiger partial charge in [0, 0.05) is 24.2 Å². The summed E-state index contributed by atoms with van der Waals surface area (Å²) >= 11 is 0. The highest BCUT2D eigenvalue weighted by atomic mass is 15.1. The minimum Gasteiger partial charge on any atom is -0.328 e. The van der Waals surface area contributed by atoms with Crippen molar-refractivity contribution in [1.29, 1.82) is 0 Å². The normalized spacial score (nSPS) is 20.2. The molecule has 3 nitrogen and oxygen atoms in total. The van der Waals surface area contributed by atoms with Gasteiger partial charge in [-0.25, -0.2) is 4.98 Å². The third-order valence-corrected chi connectivity index (χ3v) is 3.62. The largest absolute Gasteiger partial charge is 0.328 e. The predicted molar refractivity (Wildman–Crippen MR) is 66.5 cm³/mol. The molecule has 0 saturated heterocycles. The van der Waals surface area contributed by atoms with Gasteiger partial charge in [0.05, 0.1) is 5.69 Å². The highest BCUT2D eigenvalue weighted by Gasteiger charge is 2.26. The van der Waals surface area contributed by atoms with Gasteiger partial charge >= 0.3 is 0 Å². The molecule has 3 heteroatoms. The van der Waals surface area contributed by atoms with E-state index in [0.717, 1.165) is 12.1 Å². The number of hydrogen-bond acceptors (Lipinski definition) is 2. The summed E-state index contributed by atoms with van der Waals surface area (Å²) in [5, 5.41) is 0. The van der Waals surface area contributed by atoms with E-state index >= 15 is 0 Å². The van der Waals surface area contributed by atoms with Crippen molar-refractivity contribution in [2.45, 2.75) is 65.0 Å². The van der Waals surface area contributed by atoms with E-state index in [-0.39, 0.29) is 0 Å². The van der Waals surface area contributed by atoms with Gasteiger partial charge in [0.25, 0.3) is 0 Å². The van der Waals surface area contributed by atoms with Crippen LogP contribution in [0.5, 0.6) is 0 Å². The number of hydrogen-bond donors (Lipinski definition) is 1. The summed E-state index contributed by atoms with van der Waals surface area (Å²) in [4.78, 5) is 4.75. The Balaban J connectivity index is 2.51. The average molecular weight is 221 g/mol. The maximum Gasteiger partial charge on any atom is 0.112 e. The Kier molecular flexibility index (Phi) is 3.33. The molecule has 0 aromatic carbocycles. The Morgan fingerprint density at radius 1 is 1.50 bits per heavy atom. The molecule has 2 heterocycles. The molecule has 0 fully saturated rings. The molecular weight excluding hydrogens is 198 g/mol. The van der Waals surface area contributed by atoms with E-state index in [4.69, 9.17) is 10.7 Å². The molecule has 0 aliphatic carbocycles. The third kappa shape index (κ3) is 1.77. The molecule has 2 rings (SSSR count). The molecule has 1 aromatic rings. The lowest BCUT2D eigenvalue weighted by atomic mass is 9.99. The first-order valence-corrected chi connectivity index (χ1v) is 6.48. The van der Waals surface area contributed by atoms with E-state index in [0.29, 0.717) is 18.5 Å². The van der Waals surface area contributed by atoms with Gasteiger partial charge in [0.15, 0.2) is 0 Å². The number of aromatic nitrogens is 2. The quantitative estimate of drug-likeness (QED) is 0.853. The first kappa shape index (κ1) is 11.6. The van der Waals surface area contributed by atoms with Crippen molar-refractivity contribution >= 4 is 0 Å². The summed E-state index contributed by atoms with van der Waals surface area (Å²) in [5.74, 6) is 1.73. The van der Waals surface area contributed by atoms with Crippen LogP contribution in [0.3, 0.4) is 0 Å². The first-order valence-electron chi connectivity index (χ1n) is 6.48. The zero-order valence-electron chi connectivity index (χ0n) is 10.7. The SMILES string of the molecule is CCC1CCCc2c(CN)nc(C(C)C)n21. The minimum atomic E-state index is 0.492. The fraction of sp³-hybridized carbons (Fsp3) is 0.769. The molecule has 0 radical (unpaired) electrons. The maximum absolute atomic E-state index is 5.80. The molecule has 1 atom stereocenters. The zero-order chi connectivity index (χ0) is 11.7. The lowest BCUT2D eigenvalue weighted by Gasteiger charge is -2.27. The van der Waals surface area contributed by atoms with Crippen LogP contribution in [0.1, 0.15) is 69.2 Å². The molecule has 90 valence electrons. The Hall–Kier alpha value is -0.830. The standard InChI is InChI=1S/C13H23N3/c1-4-10-6-5-7-12-11(8-14)15-13(9(2)3)16(10)12/h9-10H,4-8,14H2,1-3H3. The highest BCUT2D eigenvalue weighted by molar-refractivity contribution is 5.22. The molecule has 16 heavy (non-hydrogen) atoms. The van der Waals surface area contributed by atoms with Crippen LogP contribution in [0, 0.1) is 0 Å². The van der Waals surface area contributed by atoms with Gasteiger partial charge in [-0.3, -0.25) is 0 Å². The van der Waals surface area contributed by atoms with Crippen LogP contribution in [-0.4, -0.2) is 9.55 Å². The smallest absolute Gasteiger partial charge is 0.112 e. The maximum atomic E-state index is 5.80. The van der Waals surface area contributed by atoms with Crippen molar-refractivity contribution in [3.8, 4) is 0 Å². The van der Waals surface area contributed by atoms with Crippen molar-refractivity contribution in [3.63, 3.8) is 0 Å². The highest BCUT2D eigenvalue weighted by Crippen LogP contribution is 2.33. The monoisotopic (exact) mass is 221 g/mol. The Bertz CT molecular complexity index is 365. The average Bonchev–Trinajstić information content (AvgIpc) is 2.67. The number of nitrogens with two attached hydrogens (primary N) is 1. The Labute approximate surface area is 98.1 Å². The summed E-state index contributed by atoms with van der Waals surface area (Å²) in [5.41, 5.74) is 8.33. The summed E-state index contributed by atoms with van der Waals surface area (Å²) < 4.78 is 2.48. The van der Waals surface area contributed by atoms with Gasteiger partial charge < -0.3 is 10.3 Å². The van der Waals surface area contributed by atoms with E-state index in [1.165, 1.54) is 30.8 Å². The number of nitrogens with zero attached hydrogens (tertiary/aromatic N) is 2. The van der Waals surface area contributed by atoms with Crippen molar-refractivity contribution in [3.05, 3.63) is 17.2 Å². The summed E-state index contributed by atoms with van der Waals surface area (Å²) in [6.07, 6.45) is 4.94. The van der Waals surface area contributed by atoms with Gasteiger partial charge in [-0.1, -0.05) is 20.8 Å². The Morgan fingerprint density at radius 2 is 2.25 bits per heavy atom. The van der Waals surface area contributed by atoms with Crippen LogP contribution in [0.2, 0.25) is 0 Å². The van der Waals surface area contributed by atoms with Gasteiger partial charge in [-0.05, 0) is 25.7 Å². The van der Waals surface area contributed by atoms with Gasteiger partial charge in [-0.2, -0.15) is 0 Å².